The minimum atomic E-state index is 0.138. The molecule has 0 atom stereocenters. The van der Waals surface area contributed by atoms with E-state index < -0.39 is 0 Å². The predicted molar refractivity (Wildman–Crippen MR) is 112 cm³/mol. The molecule has 3 aromatic carbocycles. The summed E-state index contributed by atoms with van der Waals surface area (Å²) in [6.45, 7) is 3.12. The molecule has 0 saturated carbocycles. The van der Waals surface area contributed by atoms with Gasteiger partial charge in [-0.2, -0.15) is 0 Å². The molecule has 0 fully saturated rings. The molecule has 2 N–H and O–H groups in total. The van der Waals surface area contributed by atoms with E-state index in [9.17, 15) is 4.79 Å². The Balaban J connectivity index is 1.48. The Bertz CT molecular complexity index is 899. The van der Waals surface area contributed by atoms with Crippen LogP contribution in [0, 0.1) is 0 Å². The van der Waals surface area contributed by atoms with Gasteiger partial charge >= 0.3 is 0 Å². The molecule has 0 unspecified atom stereocenters. The van der Waals surface area contributed by atoms with Gasteiger partial charge in [0.25, 0.3) is 0 Å². The van der Waals surface area contributed by atoms with Crippen molar-refractivity contribution in [3.05, 3.63) is 101 Å². The van der Waals surface area contributed by atoms with Gasteiger partial charge < -0.3 is 10.6 Å². The monoisotopic (exact) mass is 371 g/mol. The Hall–Kier alpha value is -3.11. The lowest BCUT2D eigenvalue weighted by Gasteiger charge is -2.26. The second-order valence-electron chi connectivity index (χ2n) is 7.35. The van der Waals surface area contributed by atoms with Gasteiger partial charge in [0, 0.05) is 31.9 Å². The second-order valence-corrected chi connectivity index (χ2v) is 7.35. The molecule has 142 valence electrons. The van der Waals surface area contributed by atoms with Gasteiger partial charge in [-0.25, -0.2) is 0 Å². The molecule has 4 nitrogen and oxygen atoms in total. The van der Waals surface area contributed by atoms with Crippen molar-refractivity contribution in [3.63, 3.8) is 0 Å². The number of nitrogens with zero attached hydrogens (tertiary/aromatic N) is 2. The van der Waals surface area contributed by atoms with Crippen molar-refractivity contribution in [3.8, 4) is 0 Å². The number of hydrogen-bond acceptors (Lipinski definition) is 3. The van der Waals surface area contributed by atoms with E-state index in [-0.39, 0.29) is 5.91 Å². The molecule has 1 aliphatic rings. The first kappa shape index (κ1) is 18.3. The van der Waals surface area contributed by atoms with E-state index in [0.29, 0.717) is 19.6 Å². The Morgan fingerprint density at radius 1 is 0.821 bits per heavy atom. The molecule has 0 aliphatic carbocycles. The summed E-state index contributed by atoms with van der Waals surface area (Å²) in [5, 5.41) is 0. The zero-order valence-corrected chi connectivity index (χ0v) is 15.9. The van der Waals surface area contributed by atoms with Gasteiger partial charge in [-0.3, -0.25) is 9.69 Å². The highest BCUT2D eigenvalue weighted by Gasteiger charge is 2.24. The number of fused-ring (bicyclic) bond motifs is 1. The van der Waals surface area contributed by atoms with Crippen LogP contribution in [0.2, 0.25) is 0 Å². The number of carbonyl (C=O) groups is 1. The number of hydrogen-bond donors (Lipinski definition) is 1. The van der Waals surface area contributed by atoms with Crippen molar-refractivity contribution in [1.29, 1.82) is 0 Å². The van der Waals surface area contributed by atoms with Crippen LogP contribution in [0.15, 0.2) is 78.9 Å². The zero-order valence-electron chi connectivity index (χ0n) is 15.9. The molecule has 0 aromatic heterocycles. The molecule has 0 radical (unpaired) electrons. The maximum atomic E-state index is 13.2. The Morgan fingerprint density at radius 3 is 2.00 bits per heavy atom. The molecule has 3 aromatic rings. The van der Waals surface area contributed by atoms with Crippen molar-refractivity contribution in [1.82, 2.24) is 9.80 Å². The minimum absolute atomic E-state index is 0.138. The highest BCUT2D eigenvalue weighted by Crippen LogP contribution is 2.27. The van der Waals surface area contributed by atoms with Crippen LogP contribution in [0.4, 0.5) is 5.69 Å². The Morgan fingerprint density at radius 2 is 1.43 bits per heavy atom. The first-order valence-electron chi connectivity index (χ1n) is 9.63. The van der Waals surface area contributed by atoms with Crippen LogP contribution >= 0.6 is 0 Å². The molecule has 28 heavy (non-hydrogen) atoms. The molecule has 0 bridgehead atoms. The van der Waals surface area contributed by atoms with E-state index in [2.05, 4.69) is 35.2 Å². The number of rotatable bonds is 6. The summed E-state index contributed by atoms with van der Waals surface area (Å²) in [4.78, 5) is 17.3. The third-order valence-electron chi connectivity index (χ3n) is 5.23. The summed E-state index contributed by atoms with van der Waals surface area (Å²) in [5.41, 5.74) is 11.6. The molecule has 0 spiro atoms. The Labute approximate surface area is 166 Å². The van der Waals surface area contributed by atoms with E-state index in [1.54, 1.807) is 0 Å². The standard InChI is InChI=1S/C24H25N3O/c25-23-13-7-12-21-16-26(17-22(21)23)18-24(28)27(14-19-8-3-1-4-9-19)15-20-10-5-2-6-11-20/h1-13H,14-18,25H2. The molecular weight excluding hydrogens is 346 g/mol. The van der Waals surface area contributed by atoms with Crippen LogP contribution in [-0.4, -0.2) is 22.3 Å². The zero-order chi connectivity index (χ0) is 19.3. The van der Waals surface area contributed by atoms with Crippen LogP contribution < -0.4 is 5.73 Å². The summed E-state index contributed by atoms with van der Waals surface area (Å²) in [6.07, 6.45) is 0. The van der Waals surface area contributed by atoms with E-state index >= 15 is 0 Å². The molecule has 1 heterocycles. The number of anilines is 1. The first-order chi connectivity index (χ1) is 13.7. The van der Waals surface area contributed by atoms with Crippen molar-refractivity contribution in [2.75, 3.05) is 12.3 Å². The lowest BCUT2D eigenvalue weighted by molar-refractivity contribution is -0.133. The van der Waals surface area contributed by atoms with Crippen LogP contribution in [0.5, 0.6) is 0 Å². The van der Waals surface area contributed by atoms with Crippen LogP contribution in [-0.2, 0) is 31.0 Å². The van der Waals surface area contributed by atoms with Gasteiger partial charge in [-0.15, -0.1) is 0 Å². The van der Waals surface area contributed by atoms with Crippen LogP contribution in [0.3, 0.4) is 0 Å². The Kier molecular flexibility index (Phi) is 5.40. The summed E-state index contributed by atoms with van der Waals surface area (Å²) in [5.74, 6) is 0.138. The van der Waals surface area contributed by atoms with E-state index in [1.807, 2.05) is 53.4 Å². The lowest BCUT2D eigenvalue weighted by atomic mass is 10.1. The van der Waals surface area contributed by atoms with Gasteiger partial charge in [0.15, 0.2) is 0 Å². The quantitative estimate of drug-likeness (QED) is 0.670. The summed E-state index contributed by atoms with van der Waals surface area (Å²) < 4.78 is 0. The van der Waals surface area contributed by atoms with Crippen LogP contribution in [0.25, 0.3) is 0 Å². The third kappa shape index (κ3) is 4.24. The van der Waals surface area contributed by atoms with Crippen molar-refractivity contribution >= 4 is 11.6 Å². The SMILES string of the molecule is Nc1cccc2c1CN(CC(=O)N(Cc1ccccc1)Cc1ccccc1)C2. The van der Waals surface area contributed by atoms with Gasteiger partial charge in [0.2, 0.25) is 5.91 Å². The normalized spacial score (nSPS) is 13.3. The van der Waals surface area contributed by atoms with Crippen molar-refractivity contribution in [2.45, 2.75) is 26.2 Å². The number of nitrogens with two attached hydrogens (primary N) is 1. The van der Waals surface area contributed by atoms with Crippen molar-refractivity contribution in [2.24, 2.45) is 0 Å². The van der Waals surface area contributed by atoms with Crippen molar-refractivity contribution < 1.29 is 4.79 Å². The third-order valence-corrected chi connectivity index (χ3v) is 5.23. The number of nitrogen functional groups attached to an aromatic ring is 1. The van der Waals surface area contributed by atoms with E-state index in [0.717, 1.165) is 35.5 Å². The van der Waals surface area contributed by atoms with Crippen LogP contribution in [0.1, 0.15) is 22.3 Å². The minimum Gasteiger partial charge on any atom is -0.398 e. The summed E-state index contributed by atoms with van der Waals surface area (Å²) >= 11 is 0. The predicted octanol–water partition coefficient (Wildman–Crippen LogP) is 3.81. The number of carbonyl (C=O) groups excluding carboxylic acids is 1. The van der Waals surface area contributed by atoms with E-state index in [1.165, 1.54) is 5.56 Å². The average Bonchev–Trinajstić information content (AvgIpc) is 3.13. The number of amides is 1. The highest BCUT2D eigenvalue weighted by atomic mass is 16.2. The molecule has 0 saturated heterocycles. The fourth-order valence-corrected chi connectivity index (χ4v) is 3.76. The molecule has 1 aliphatic heterocycles. The fraction of sp³-hybridized carbons (Fsp3) is 0.208. The maximum absolute atomic E-state index is 13.2. The smallest absolute Gasteiger partial charge is 0.237 e. The topological polar surface area (TPSA) is 49.6 Å². The summed E-state index contributed by atoms with van der Waals surface area (Å²) in [6, 6.07) is 26.3. The molecule has 4 rings (SSSR count). The van der Waals surface area contributed by atoms with Gasteiger partial charge in [0.1, 0.15) is 0 Å². The lowest BCUT2D eigenvalue weighted by Crippen LogP contribution is -2.38. The maximum Gasteiger partial charge on any atom is 0.237 e. The van der Waals surface area contributed by atoms with Gasteiger partial charge in [-0.1, -0.05) is 72.8 Å². The largest absolute Gasteiger partial charge is 0.398 e. The summed E-state index contributed by atoms with van der Waals surface area (Å²) in [7, 11) is 0. The highest BCUT2D eigenvalue weighted by molar-refractivity contribution is 5.78. The second kappa shape index (κ2) is 8.28. The number of benzene rings is 3. The molecule has 1 amide bonds. The average molecular weight is 371 g/mol. The van der Waals surface area contributed by atoms with E-state index in [4.69, 9.17) is 5.73 Å². The fourth-order valence-electron chi connectivity index (χ4n) is 3.76. The van der Waals surface area contributed by atoms with Gasteiger partial charge in [-0.05, 0) is 28.3 Å². The first-order valence-corrected chi connectivity index (χ1v) is 9.63. The molecule has 4 heteroatoms. The van der Waals surface area contributed by atoms with Gasteiger partial charge in [0.05, 0.1) is 6.54 Å². The molecular formula is C24H25N3O.